The van der Waals surface area contributed by atoms with E-state index >= 15 is 0 Å². The van der Waals surface area contributed by atoms with Crippen molar-refractivity contribution in [3.05, 3.63) is 0 Å². The van der Waals surface area contributed by atoms with Gasteiger partial charge >= 0.3 is 0 Å². The lowest BCUT2D eigenvalue weighted by molar-refractivity contribution is 1.82. The second-order valence-corrected chi connectivity index (χ2v) is 8.28. The van der Waals surface area contributed by atoms with Crippen molar-refractivity contribution in [2.45, 2.75) is 19.6 Å². The molecule has 42 valence electrons. The molecule has 2 heteroatoms. The fourth-order valence-electron chi connectivity index (χ4n) is 0.306. The summed E-state index contributed by atoms with van der Waals surface area (Å²) in [6, 6.07) is 0. The Morgan fingerprint density at radius 3 is 1.71 bits per heavy atom. The largest absolute Gasteiger partial charge is 0.145 e. The molecule has 0 nitrogen and oxygen atoms in total. The Balaban J connectivity index is 3.72. The lowest BCUT2D eigenvalue weighted by Gasteiger charge is -2.01. The SMILES string of the molecule is CS#C[Si](C)(C)C. The molecule has 0 aliphatic rings. The molecule has 0 amide bonds. The molecule has 0 aliphatic carbocycles. The minimum Gasteiger partial charge on any atom is -0.145 e. The Kier molecular flexibility index (Phi) is 2.58. The molecular formula is C5H12SSi. The second kappa shape index (κ2) is 2.51. The molecule has 0 spiro atoms. The van der Waals surface area contributed by atoms with Gasteiger partial charge in [-0.25, -0.2) is 0 Å². The topological polar surface area (TPSA) is 0 Å². The van der Waals surface area contributed by atoms with E-state index in [1.165, 1.54) is 0 Å². The molecule has 0 saturated carbocycles. The van der Waals surface area contributed by atoms with Crippen LogP contribution in [0.5, 0.6) is 0 Å². The third-order valence-electron chi connectivity index (χ3n) is 0.408. The van der Waals surface area contributed by atoms with E-state index in [-0.39, 0.29) is 0 Å². The van der Waals surface area contributed by atoms with E-state index in [4.69, 9.17) is 0 Å². The van der Waals surface area contributed by atoms with E-state index in [1.807, 2.05) is 0 Å². The molecule has 0 rings (SSSR count). The summed E-state index contributed by atoms with van der Waals surface area (Å²) >= 11 is 1.72. The summed E-state index contributed by atoms with van der Waals surface area (Å²) in [6.07, 6.45) is 2.07. The average Bonchev–Trinajstić information content (AvgIpc) is 1.30. The molecular weight excluding hydrogens is 120 g/mol. The van der Waals surface area contributed by atoms with Crippen molar-refractivity contribution < 1.29 is 0 Å². The summed E-state index contributed by atoms with van der Waals surface area (Å²) in [6.45, 7) is 6.84. The highest BCUT2D eigenvalue weighted by Crippen LogP contribution is 1.97. The van der Waals surface area contributed by atoms with Crippen LogP contribution in [0.3, 0.4) is 0 Å². The van der Waals surface area contributed by atoms with E-state index in [2.05, 4.69) is 30.7 Å². The lowest BCUT2D eigenvalue weighted by atomic mass is 11.8. The maximum Gasteiger partial charge on any atom is 0.132 e. The van der Waals surface area contributed by atoms with Crippen LogP contribution in [0.4, 0.5) is 0 Å². The van der Waals surface area contributed by atoms with Crippen LogP contribution in [-0.2, 0) is 0 Å². The first-order valence-corrected chi connectivity index (χ1v) is 7.09. The molecule has 0 radical (unpaired) electrons. The zero-order valence-electron chi connectivity index (χ0n) is 5.41. The third-order valence-corrected chi connectivity index (χ3v) is 3.67. The smallest absolute Gasteiger partial charge is 0.132 e. The predicted molar refractivity (Wildman–Crippen MR) is 40.7 cm³/mol. The van der Waals surface area contributed by atoms with Crippen molar-refractivity contribution in [3.8, 4) is 4.81 Å². The first-order chi connectivity index (χ1) is 3.06. The molecule has 0 bridgehead atoms. The van der Waals surface area contributed by atoms with Crippen LogP contribution in [0.25, 0.3) is 0 Å². The lowest BCUT2D eigenvalue weighted by Crippen LogP contribution is -2.15. The first kappa shape index (κ1) is 7.22. The quantitative estimate of drug-likeness (QED) is 0.443. The molecule has 0 fully saturated rings. The summed E-state index contributed by atoms with van der Waals surface area (Å²) in [5.41, 5.74) is 0. The van der Waals surface area contributed by atoms with Crippen LogP contribution >= 0.6 is 11.2 Å². The van der Waals surface area contributed by atoms with Gasteiger partial charge in [-0.3, -0.25) is 0 Å². The normalized spacial score (nSPS) is 10.3. The highest BCUT2D eigenvalue weighted by Gasteiger charge is 2.06. The van der Waals surface area contributed by atoms with E-state index in [0.29, 0.717) is 0 Å². The van der Waals surface area contributed by atoms with Crippen LogP contribution in [0.2, 0.25) is 19.6 Å². The number of hydrogen-bond acceptors (Lipinski definition) is 0. The summed E-state index contributed by atoms with van der Waals surface area (Å²) in [5.74, 6) is 0. The zero-order chi connectivity index (χ0) is 5.91. The van der Waals surface area contributed by atoms with Gasteiger partial charge in [0.15, 0.2) is 0 Å². The fourth-order valence-corrected chi connectivity index (χ4v) is 2.76. The highest BCUT2D eigenvalue weighted by molar-refractivity contribution is 7.89. The van der Waals surface area contributed by atoms with E-state index in [1.54, 1.807) is 11.2 Å². The Bertz CT molecular complexity index is 101. The third kappa shape index (κ3) is 6.22. The minimum atomic E-state index is -0.944. The van der Waals surface area contributed by atoms with Crippen molar-refractivity contribution in [2.75, 3.05) is 6.26 Å². The molecule has 0 aromatic rings. The molecule has 7 heavy (non-hydrogen) atoms. The van der Waals surface area contributed by atoms with Crippen molar-refractivity contribution in [1.82, 2.24) is 0 Å². The average molecular weight is 132 g/mol. The Morgan fingerprint density at radius 2 is 1.71 bits per heavy atom. The van der Waals surface area contributed by atoms with Crippen molar-refractivity contribution in [1.29, 1.82) is 0 Å². The molecule has 0 aromatic carbocycles. The van der Waals surface area contributed by atoms with Crippen LogP contribution in [0.15, 0.2) is 0 Å². The van der Waals surface area contributed by atoms with Crippen LogP contribution in [-0.4, -0.2) is 14.3 Å². The standard InChI is InChI=1S/C5H12SSi/c1-6-5-7(2,3)4/h1-4H3. The van der Waals surface area contributed by atoms with Crippen molar-refractivity contribution in [3.63, 3.8) is 0 Å². The van der Waals surface area contributed by atoms with Gasteiger partial charge in [-0.2, -0.15) is 0 Å². The van der Waals surface area contributed by atoms with Gasteiger partial charge in [-0.1, -0.05) is 19.6 Å². The number of hydrogen-bond donors (Lipinski definition) is 0. The van der Waals surface area contributed by atoms with Gasteiger partial charge < -0.3 is 0 Å². The van der Waals surface area contributed by atoms with Crippen LogP contribution in [0, 0.1) is 4.81 Å². The van der Waals surface area contributed by atoms with E-state index < -0.39 is 8.07 Å². The Hall–Kier alpha value is 0.217. The minimum absolute atomic E-state index is 0.944. The van der Waals surface area contributed by atoms with Crippen molar-refractivity contribution in [2.24, 2.45) is 0 Å². The van der Waals surface area contributed by atoms with E-state index in [9.17, 15) is 0 Å². The van der Waals surface area contributed by atoms with Gasteiger partial charge in [0.2, 0.25) is 0 Å². The fraction of sp³-hybridized carbons (Fsp3) is 0.800. The summed E-state index contributed by atoms with van der Waals surface area (Å²) in [4.78, 5) is 3.34. The molecule has 0 atom stereocenters. The van der Waals surface area contributed by atoms with Crippen LogP contribution in [0.1, 0.15) is 0 Å². The molecule has 0 aromatic heterocycles. The molecule has 0 unspecified atom stereocenters. The van der Waals surface area contributed by atoms with Gasteiger partial charge in [0.05, 0.1) is 0 Å². The first-order valence-electron chi connectivity index (χ1n) is 2.36. The van der Waals surface area contributed by atoms with Crippen LogP contribution < -0.4 is 0 Å². The van der Waals surface area contributed by atoms with Gasteiger partial charge in [-0.05, 0) is 0 Å². The molecule has 0 heterocycles. The highest BCUT2D eigenvalue weighted by atomic mass is 32.1. The Morgan fingerprint density at radius 1 is 1.29 bits per heavy atom. The van der Waals surface area contributed by atoms with Gasteiger partial charge in [0.1, 0.15) is 8.07 Å². The van der Waals surface area contributed by atoms with Gasteiger partial charge in [0.25, 0.3) is 0 Å². The zero-order valence-corrected chi connectivity index (χ0v) is 7.22. The summed E-state index contributed by atoms with van der Waals surface area (Å²) < 4.78 is 0. The maximum absolute atomic E-state index is 3.34. The Labute approximate surface area is 50.5 Å². The second-order valence-electron chi connectivity index (χ2n) is 2.56. The van der Waals surface area contributed by atoms with Gasteiger partial charge in [-0.15, -0.1) is 16.0 Å². The van der Waals surface area contributed by atoms with Gasteiger partial charge in [0, 0.05) is 6.26 Å². The van der Waals surface area contributed by atoms with Crippen molar-refractivity contribution >= 4 is 19.2 Å². The molecule has 0 N–H and O–H groups in total. The number of rotatable bonds is 0. The summed E-state index contributed by atoms with van der Waals surface area (Å²) in [7, 11) is -0.944. The molecule has 0 aliphatic heterocycles. The molecule has 0 saturated heterocycles. The monoisotopic (exact) mass is 132 g/mol. The maximum atomic E-state index is 3.34. The summed E-state index contributed by atoms with van der Waals surface area (Å²) in [5, 5.41) is 0. The predicted octanol–water partition coefficient (Wildman–Crippen LogP) is 2.19. The van der Waals surface area contributed by atoms with E-state index in [0.717, 1.165) is 0 Å².